The Kier molecular flexibility index (Phi) is 4.55. The van der Waals surface area contributed by atoms with E-state index in [1.807, 2.05) is 30.3 Å². The Labute approximate surface area is 83.6 Å². The van der Waals surface area contributed by atoms with E-state index >= 15 is 0 Å². The number of benzene rings is 1. The van der Waals surface area contributed by atoms with Crippen molar-refractivity contribution in [3.63, 3.8) is 0 Å². The van der Waals surface area contributed by atoms with Gasteiger partial charge in [0.25, 0.3) is 0 Å². The van der Waals surface area contributed by atoms with Crippen molar-refractivity contribution in [1.82, 2.24) is 0 Å². The van der Waals surface area contributed by atoms with Crippen LogP contribution in [-0.2, 0) is 15.9 Å². The van der Waals surface area contributed by atoms with E-state index in [2.05, 4.69) is 16.6 Å². The monoisotopic (exact) mass is 193 g/mol. The van der Waals surface area contributed by atoms with Gasteiger partial charge in [0.05, 0.1) is 6.61 Å². The van der Waals surface area contributed by atoms with Crippen molar-refractivity contribution in [1.29, 1.82) is 0 Å². The Morgan fingerprint density at radius 1 is 1.29 bits per heavy atom. The third-order valence-corrected chi connectivity index (χ3v) is 1.79. The van der Waals surface area contributed by atoms with Crippen LogP contribution in [0.25, 0.3) is 0 Å². The van der Waals surface area contributed by atoms with Gasteiger partial charge in [-0.1, -0.05) is 30.3 Å². The lowest BCUT2D eigenvalue weighted by Crippen LogP contribution is -2.05. The molecule has 0 saturated carbocycles. The molecular formula is C11H13O3. The molecule has 0 fully saturated rings. The molecule has 0 aliphatic heterocycles. The largest absolute Gasteiger partial charge is 0.508 e. The quantitative estimate of drug-likeness (QED) is 0.544. The van der Waals surface area contributed by atoms with Crippen LogP contribution in [-0.4, -0.2) is 12.8 Å². The third kappa shape index (κ3) is 3.94. The van der Waals surface area contributed by atoms with Gasteiger partial charge in [-0.05, 0) is 18.4 Å². The fraction of sp³-hybridized carbons (Fsp3) is 0.273. The Hall–Kier alpha value is -1.51. The van der Waals surface area contributed by atoms with E-state index in [0.29, 0.717) is 6.61 Å². The van der Waals surface area contributed by atoms with Crippen LogP contribution in [0.2, 0.25) is 0 Å². The van der Waals surface area contributed by atoms with Crippen molar-refractivity contribution in [2.75, 3.05) is 6.61 Å². The van der Waals surface area contributed by atoms with Gasteiger partial charge in [0.15, 0.2) is 0 Å². The maximum atomic E-state index is 10.5. The Bertz CT molecular complexity index is 269. The zero-order valence-corrected chi connectivity index (χ0v) is 7.94. The fourth-order valence-electron chi connectivity index (χ4n) is 1.12. The summed E-state index contributed by atoms with van der Waals surface area (Å²) in [4.78, 5) is 10.5. The van der Waals surface area contributed by atoms with Gasteiger partial charge in [0, 0.05) is 0 Å². The zero-order valence-electron chi connectivity index (χ0n) is 7.94. The van der Waals surface area contributed by atoms with E-state index in [4.69, 9.17) is 0 Å². The lowest BCUT2D eigenvalue weighted by atomic mass is 10.1. The van der Waals surface area contributed by atoms with E-state index < -0.39 is 6.16 Å². The van der Waals surface area contributed by atoms with Gasteiger partial charge in [0.1, 0.15) is 7.11 Å². The van der Waals surface area contributed by atoms with Crippen LogP contribution in [0.1, 0.15) is 12.0 Å². The van der Waals surface area contributed by atoms with Crippen molar-refractivity contribution in [3.8, 4) is 0 Å². The molecule has 14 heavy (non-hydrogen) atoms. The first-order chi connectivity index (χ1) is 6.83. The molecular weight excluding hydrogens is 180 g/mol. The van der Waals surface area contributed by atoms with Crippen molar-refractivity contribution in [2.24, 2.45) is 0 Å². The van der Waals surface area contributed by atoms with Crippen LogP contribution in [0.3, 0.4) is 0 Å². The van der Waals surface area contributed by atoms with Gasteiger partial charge in [-0.2, -0.15) is 0 Å². The Balaban J connectivity index is 2.13. The minimum Gasteiger partial charge on any atom is -0.434 e. The van der Waals surface area contributed by atoms with Gasteiger partial charge >= 0.3 is 6.16 Å². The zero-order chi connectivity index (χ0) is 10.2. The summed E-state index contributed by atoms with van der Waals surface area (Å²) in [5.41, 5.74) is 1.24. The second-order valence-electron chi connectivity index (χ2n) is 2.83. The normalized spacial score (nSPS) is 9.50. The fourth-order valence-corrected chi connectivity index (χ4v) is 1.12. The summed E-state index contributed by atoms with van der Waals surface area (Å²) in [7, 11) is 2.95. The average molecular weight is 193 g/mol. The molecule has 0 unspecified atom stereocenters. The summed E-state index contributed by atoms with van der Waals surface area (Å²) in [6.45, 7) is 0.364. The number of ether oxygens (including phenoxy) is 2. The highest BCUT2D eigenvalue weighted by Crippen LogP contribution is 2.02. The van der Waals surface area contributed by atoms with E-state index in [9.17, 15) is 4.79 Å². The maximum Gasteiger partial charge on any atom is 0.508 e. The Morgan fingerprint density at radius 2 is 2.00 bits per heavy atom. The van der Waals surface area contributed by atoms with Crippen LogP contribution >= 0.6 is 0 Å². The van der Waals surface area contributed by atoms with E-state index in [-0.39, 0.29) is 0 Å². The molecule has 75 valence electrons. The summed E-state index contributed by atoms with van der Waals surface area (Å²) < 4.78 is 8.78. The first-order valence-corrected chi connectivity index (χ1v) is 4.45. The summed E-state index contributed by atoms with van der Waals surface area (Å²) >= 11 is 0. The molecule has 0 aromatic heterocycles. The first-order valence-electron chi connectivity index (χ1n) is 4.45. The average Bonchev–Trinajstić information content (AvgIpc) is 2.25. The molecule has 0 aliphatic carbocycles. The minimum atomic E-state index is -0.724. The van der Waals surface area contributed by atoms with Gasteiger partial charge in [-0.3, -0.25) is 0 Å². The standard InChI is InChI=1S/C11H13O3/c1-13-11(12)14-9-5-8-10-6-3-2-4-7-10/h2-4,6-7H,1,5,8-9H2. The second-order valence-corrected chi connectivity index (χ2v) is 2.83. The lowest BCUT2D eigenvalue weighted by Gasteiger charge is -2.02. The van der Waals surface area contributed by atoms with E-state index in [1.165, 1.54) is 5.56 Å². The summed E-state index contributed by atoms with van der Waals surface area (Å²) in [5.74, 6) is 0. The highest BCUT2D eigenvalue weighted by Gasteiger charge is 1.99. The van der Waals surface area contributed by atoms with Crippen LogP contribution < -0.4 is 0 Å². The maximum absolute atomic E-state index is 10.5. The molecule has 3 nitrogen and oxygen atoms in total. The molecule has 0 atom stereocenters. The number of hydrogen-bond donors (Lipinski definition) is 0. The number of hydrogen-bond acceptors (Lipinski definition) is 3. The van der Waals surface area contributed by atoms with Crippen LogP contribution in [0.15, 0.2) is 30.3 Å². The molecule has 0 aliphatic rings. The van der Waals surface area contributed by atoms with Gasteiger partial charge < -0.3 is 9.47 Å². The smallest absolute Gasteiger partial charge is 0.434 e. The molecule has 0 heterocycles. The SMILES string of the molecule is [CH2]OC(=O)OCCCc1ccccc1. The predicted molar refractivity (Wildman–Crippen MR) is 52.6 cm³/mol. The van der Waals surface area contributed by atoms with Crippen molar-refractivity contribution in [2.45, 2.75) is 12.8 Å². The number of carbonyl (C=O) groups excluding carboxylic acids is 1. The van der Waals surface area contributed by atoms with Crippen LogP contribution in [0.5, 0.6) is 0 Å². The van der Waals surface area contributed by atoms with Gasteiger partial charge in [-0.15, -0.1) is 0 Å². The molecule has 0 saturated heterocycles. The minimum absolute atomic E-state index is 0.364. The number of aryl methyl sites for hydroxylation is 1. The summed E-state index contributed by atoms with van der Waals surface area (Å²) in [6, 6.07) is 10.0. The molecule has 3 heteroatoms. The predicted octanol–water partition coefficient (Wildman–Crippen LogP) is 2.56. The van der Waals surface area contributed by atoms with Crippen LogP contribution in [0.4, 0.5) is 4.79 Å². The molecule has 1 aromatic carbocycles. The second kappa shape index (κ2) is 6.02. The molecule has 0 amide bonds. The number of carbonyl (C=O) groups is 1. The Morgan fingerprint density at radius 3 is 2.64 bits per heavy atom. The van der Waals surface area contributed by atoms with E-state index in [1.54, 1.807) is 0 Å². The summed E-state index contributed by atoms with van der Waals surface area (Å²) in [6.07, 6.45) is 0.961. The molecule has 1 aromatic rings. The summed E-state index contributed by atoms with van der Waals surface area (Å²) in [5, 5.41) is 0. The van der Waals surface area contributed by atoms with Gasteiger partial charge in [0.2, 0.25) is 0 Å². The topological polar surface area (TPSA) is 35.5 Å². The third-order valence-electron chi connectivity index (χ3n) is 1.79. The molecule has 0 N–H and O–H groups in total. The highest BCUT2D eigenvalue weighted by molar-refractivity contribution is 5.59. The van der Waals surface area contributed by atoms with Crippen molar-refractivity contribution in [3.05, 3.63) is 43.0 Å². The van der Waals surface area contributed by atoms with Crippen molar-refractivity contribution < 1.29 is 14.3 Å². The number of rotatable bonds is 4. The van der Waals surface area contributed by atoms with E-state index in [0.717, 1.165) is 12.8 Å². The van der Waals surface area contributed by atoms with Crippen molar-refractivity contribution >= 4 is 6.16 Å². The molecule has 0 bridgehead atoms. The molecule has 1 radical (unpaired) electrons. The van der Waals surface area contributed by atoms with Gasteiger partial charge in [-0.25, -0.2) is 4.79 Å². The molecule has 1 rings (SSSR count). The highest BCUT2D eigenvalue weighted by atomic mass is 16.7. The lowest BCUT2D eigenvalue weighted by molar-refractivity contribution is 0.0821. The first kappa shape index (κ1) is 10.6. The van der Waals surface area contributed by atoms with Crippen LogP contribution in [0, 0.1) is 7.11 Å². The molecule has 0 spiro atoms.